The maximum Gasteiger partial charge on any atom is 0.294 e. The standard InChI is InChI=1S/C27H21BrFN3O6S/c1-37-21-10-16(20(28)13-22(21)38-15-25(34)30-18-7-3-2-4-8-18)11-23-26(35)32(27(36)39-23)14-24(33)31-19-9-5-6-17(29)12-19/h2-13H,14-15H2,1H3,(H,30,34)(H,31,33)/b23-11+. The Morgan fingerprint density at radius 3 is 2.41 bits per heavy atom. The number of hydrogen-bond donors (Lipinski definition) is 2. The smallest absolute Gasteiger partial charge is 0.294 e. The Morgan fingerprint density at radius 2 is 1.69 bits per heavy atom. The van der Waals surface area contributed by atoms with E-state index in [9.17, 15) is 23.6 Å². The third-order valence-electron chi connectivity index (χ3n) is 5.27. The number of anilines is 2. The van der Waals surface area contributed by atoms with Crippen molar-refractivity contribution >= 4 is 68.1 Å². The van der Waals surface area contributed by atoms with Gasteiger partial charge < -0.3 is 20.1 Å². The molecule has 2 N–H and O–H groups in total. The van der Waals surface area contributed by atoms with Crippen LogP contribution in [0.15, 0.2) is 76.1 Å². The topological polar surface area (TPSA) is 114 Å². The first-order valence-corrected chi connectivity index (χ1v) is 13.0. The third-order valence-corrected chi connectivity index (χ3v) is 6.86. The van der Waals surface area contributed by atoms with Gasteiger partial charge in [0.1, 0.15) is 12.4 Å². The van der Waals surface area contributed by atoms with Crippen LogP contribution in [0.2, 0.25) is 0 Å². The Kier molecular flexibility index (Phi) is 8.99. The second-order valence-electron chi connectivity index (χ2n) is 8.05. The summed E-state index contributed by atoms with van der Waals surface area (Å²) in [5, 5.41) is 4.56. The van der Waals surface area contributed by atoms with Crippen LogP contribution in [0, 0.1) is 5.82 Å². The van der Waals surface area contributed by atoms with Crippen LogP contribution in [0.5, 0.6) is 11.5 Å². The van der Waals surface area contributed by atoms with E-state index >= 15 is 0 Å². The Bertz CT molecular complexity index is 1470. The molecule has 1 aliphatic heterocycles. The third kappa shape index (κ3) is 7.24. The van der Waals surface area contributed by atoms with Crippen molar-refractivity contribution in [2.45, 2.75) is 0 Å². The van der Waals surface area contributed by atoms with Gasteiger partial charge in [0.2, 0.25) is 5.91 Å². The molecule has 12 heteroatoms. The number of benzene rings is 3. The lowest BCUT2D eigenvalue weighted by molar-refractivity contribution is -0.127. The quantitative estimate of drug-likeness (QED) is 0.315. The lowest BCUT2D eigenvalue weighted by Gasteiger charge is -2.13. The summed E-state index contributed by atoms with van der Waals surface area (Å²) in [6.07, 6.45) is 1.48. The van der Waals surface area contributed by atoms with Gasteiger partial charge in [-0.15, -0.1) is 0 Å². The Morgan fingerprint density at radius 1 is 0.974 bits per heavy atom. The van der Waals surface area contributed by atoms with Crippen LogP contribution in [0.25, 0.3) is 6.08 Å². The maximum atomic E-state index is 13.4. The normalized spacial score (nSPS) is 13.9. The van der Waals surface area contributed by atoms with Crippen LogP contribution in [0.3, 0.4) is 0 Å². The van der Waals surface area contributed by atoms with E-state index in [-0.39, 0.29) is 28.9 Å². The number of imide groups is 1. The molecule has 0 bridgehead atoms. The molecule has 9 nitrogen and oxygen atoms in total. The summed E-state index contributed by atoms with van der Waals surface area (Å²) in [6, 6.07) is 17.4. The molecule has 3 aromatic carbocycles. The van der Waals surface area contributed by atoms with Crippen LogP contribution >= 0.6 is 27.7 Å². The number of amides is 4. The number of carbonyl (C=O) groups excluding carboxylic acids is 4. The van der Waals surface area contributed by atoms with Crippen molar-refractivity contribution in [1.29, 1.82) is 0 Å². The number of halogens is 2. The van der Waals surface area contributed by atoms with E-state index in [0.29, 0.717) is 33.2 Å². The van der Waals surface area contributed by atoms with Crippen molar-refractivity contribution in [3.05, 3.63) is 87.5 Å². The van der Waals surface area contributed by atoms with Crippen molar-refractivity contribution < 1.29 is 33.0 Å². The highest BCUT2D eigenvalue weighted by molar-refractivity contribution is 9.10. The summed E-state index contributed by atoms with van der Waals surface area (Å²) >= 11 is 4.10. The minimum atomic E-state index is -0.650. The van der Waals surface area contributed by atoms with E-state index in [1.807, 2.05) is 6.07 Å². The minimum absolute atomic E-state index is 0.0946. The van der Waals surface area contributed by atoms with Gasteiger partial charge in [-0.05, 0) is 65.9 Å². The zero-order valence-electron chi connectivity index (χ0n) is 20.4. The lowest BCUT2D eigenvalue weighted by atomic mass is 10.2. The molecule has 0 spiro atoms. The minimum Gasteiger partial charge on any atom is -0.493 e. The van der Waals surface area contributed by atoms with Gasteiger partial charge in [0.25, 0.3) is 17.1 Å². The molecule has 1 fully saturated rings. The summed E-state index contributed by atoms with van der Waals surface area (Å²) < 4.78 is 24.9. The van der Waals surface area contributed by atoms with Crippen molar-refractivity contribution in [1.82, 2.24) is 4.90 Å². The fourth-order valence-corrected chi connectivity index (χ4v) is 4.75. The van der Waals surface area contributed by atoms with E-state index in [2.05, 4.69) is 26.6 Å². The van der Waals surface area contributed by atoms with Crippen LogP contribution in [-0.2, 0) is 14.4 Å². The summed E-state index contributed by atoms with van der Waals surface area (Å²) in [5.41, 5.74) is 1.34. The zero-order chi connectivity index (χ0) is 27.9. The fraction of sp³-hybridized carbons (Fsp3) is 0.111. The molecule has 4 rings (SSSR count). The highest BCUT2D eigenvalue weighted by Crippen LogP contribution is 2.38. The van der Waals surface area contributed by atoms with Gasteiger partial charge in [-0.25, -0.2) is 4.39 Å². The number of carbonyl (C=O) groups is 4. The average Bonchev–Trinajstić information content (AvgIpc) is 3.16. The van der Waals surface area contributed by atoms with Crippen molar-refractivity contribution in [3.63, 3.8) is 0 Å². The number of thioether (sulfide) groups is 1. The van der Waals surface area contributed by atoms with E-state index in [4.69, 9.17) is 9.47 Å². The molecule has 0 aromatic heterocycles. The molecule has 0 unspecified atom stereocenters. The molecular formula is C27H21BrFN3O6S. The summed E-state index contributed by atoms with van der Waals surface area (Å²) in [4.78, 5) is 50.8. The van der Waals surface area contributed by atoms with Crippen molar-refractivity contribution in [2.75, 3.05) is 30.9 Å². The van der Waals surface area contributed by atoms with Gasteiger partial charge in [-0.1, -0.05) is 40.2 Å². The predicted octanol–water partition coefficient (Wildman–Crippen LogP) is 5.29. The van der Waals surface area contributed by atoms with Crippen LogP contribution < -0.4 is 20.1 Å². The molecule has 200 valence electrons. The summed E-state index contributed by atoms with van der Waals surface area (Å²) in [7, 11) is 1.43. The fourth-order valence-electron chi connectivity index (χ4n) is 3.48. The van der Waals surface area contributed by atoms with Gasteiger partial charge in [0.05, 0.1) is 12.0 Å². The predicted molar refractivity (Wildman–Crippen MR) is 149 cm³/mol. The van der Waals surface area contributed by atoms with Crippen LogP contribution in [-0.4, -0.2) is 48.1 Å². The largest absolute Gasteiger partial charge is 0.493 e. The van der Waals surface area contributed by atoms with Gasteiger partial charge in [-0.3, -0.25) is 24.1 Å². The number of hydrogen-bond acceptors (Lipinski definition) is 7. The molecule has 0 saturated carbocycles. The Hall–Kier alpha value is -4.16. The highest BCUT2D eigenvalue weighted by Gasteiger charge is 2.36. The molecule has 1 heterocycles. The molecule has 39 heavy (non-hydrogen) atoms. The SMILES string of the molecule is COc1cc(/C=C2/SC(=O)N(CC(=O)Nc3cccc(F)c3)C2=O)c(Br)cc1OCC(=O)Nc1ccccc1. The number of nitrogens with zero attached hydrogens (tertiary/aromatic N) is 1. The lowest BCUT2D eigenvalue weighted by Crippen LogP contribution is -2.36. The number of ether oxygens (including phenoxy) is 2. The monoisotopic (exact) mass is 613 g/mol. The van der Waals surface area contributed by atoms with E-state index in [1.54, 1.807) is 36.4 Å². The molecule has 3 aromatic rings. The first kappa shape index (κ1) is 27.9. The Balaban J connectivity index is 1.43. The molecule has 0 radical (unpaired) electrons. The molecule has 1 saturated heterocycles. The highest BCUT2D eigenvalue weighted by atomic mass is 79.9. The van der Waals surface area contributed by atoms with Crippen molar-refractivity contribution in [3.8, 4) is 11.5 Å². The molecule has 4 amide bonds. The average molecular weight is 614 g/mol. The van der Waals surface area contributed by atoms with E-state index in [1.165, 1.54) is 31.4 Å². The van der Waals surface area contributed by atoms with Gasteiger partial charge in [-0.2, -0.15) is 0 Å². The molecule has 1 aliphatic rings. The Labute approximate surface area is 235 Å². The maximum absolute atomic E-state index is 13.4. The second kappa shape index (κ2) is 12.6. The van der Waals surface area contributed by atoms with Gasteiger partial charge in [0.15, 0.2) is 18.1 Å². The number of para-hydroxylation sites is 1. The summed E-state index contributed by atoms with van der Waals surface area (Å²) in [6.45, 7) is -0.797. The summed E-state index contributed by atoms with van der Waals surface area (Å²) in [5.74, 6) is -1.61. The number of methoxy groups -OCH3 is 1. The first-order chi connectivity index (χ1) is 18.7. The second-order valence-corrected chi connectivity index (χ2v) is 9.90. The van der Waals surface area contributed by atoms with Gasteiger partial charge >= 0.3 is 0 Å². The zero-order valence-corrected chi connectivity index (χ0v) is 22.8. The molecule has 0 atom stereocenters. The molecule has 0 aliphatic carbocycles. The first-order valence-electron chi connectivity index (χ1n) is 11.4. The van der Waals surface area contributed by atoms with Crippen LogP contribution in [0.1, 0.15) is 5.56 Å². The van der Waals surface area contributed by atoms with Crippen molar-refractivity contribution in [2.24, 2.45) is 0 Å². The van der Waals surface area contributed by atoms with Gasteiger partial charge in [0, 0.05) is 15.8 Å². The van der Waals surface area contributed by atoms with E-state index < -0.39 is 29.4 Å². The number of nitrogens with one attached hydrogen (secondary N) is 2. The van der Waals surface area contributed by atoms with Crippen LogP contribution in [0.4, 0.5) is 20.6 Å². The van der Waals surface area contributed by atoms with E-state index in [0.717, 1.165) is 11.0 Å². The molecular weight excluding hydrogens is 593 g/mol. The number of rotatable bonds is 9.